The number of aryl methyl sites for hydroxylation is 1. The van der Waals surface area contributed by atoms with Gasteiger partial charge < -0.3 is 14.8 Å². The van der Waals surface area contributed by atoms with Crippen LogP contribution >= 0.6 is 0 Å². The van der Waals surface area contributed by atoms with Crippen molar-refractivity contribution in [3.05, 3.63) is 30.1 Å². The smallest absolute Gasteiger partial charge is 0.225 e. The number of carbonyl (C=O) groups is 2. The predicted octanol–water partition coefficient (Wildman–Crippen LogP) is 1.73. The number of likely N-dealkylation sites (tertiary alicyclic amines) is 1. The molecule has 1 aliphatic heterocycles. The summed E-state index contributed by atoms with van der Waals surface area (Å²) >= 11 is 0. The SMILES string of the molecule is CCn1c(CCNC(=O)[C@@H]2CC(=O)N(C3CC3)C2)nc2ccccc21. The van der Waals surface area contributed by atoms with E-state index in [-0.39, 0.29) is 17.7 Å². The molecular formula is C19H24N4O2. The lowest BCUT2D eigenvalue weighted by atomic mass is 10.1. The Kier molecular flexibility index (Phi) is 4.19. The van der Waals surface area contributed by atoms with E-state index in [2.05, 4.69) is 27.9 Å². The highest BCUT2D eigenvalue weighted by atomic mass is 16.2. The molecule has 6 nitrogen and oxygen atoms in total. The van der Waals surface area contributed by atoms with Gasteiger partial charge in [0.05, 0.1) is 17.0 Å². The Morgan fingerprint density at radius 1 is 1.32 bits per heavy atom. The number of para-hydroxylation sites is 2. The van der Waals surface area contributed by atoms with E-state index in [1.165, 1.54) is 0 Å². The highest BCUT2D eigenvalue weighted by Crippen LogP contribution is 2.32. The van der Waals surface area contributed by atoms with Gasteiger partial charge in [0.25, 0.3) is 0 Å². The fourth-order valence-corrected chi connectivity index (χ4v) is 3.76. The first-order chi connectivity index (χ1) is 12.2. The van der Waals surface area contributed by atoms with Crippen molar-refractivity contribution < 1.29 is 9.59 Å². The number of nitrogens with zero attached hydrogens (tertiary/aromatic N) is 3. The zero-order chi connectivity index (χ0) is 17.4. The van der Waals surface area contributed by atoms with E-state index in [0.29, 0.717) is 32.0 Å². The van der Waals surface area contributed by atoms with Gasteiger partial charge in [-0.2, -0.15) is 0 Å². The molecule has 1 saturated heterocycles. The Morgan fingerprint density at radius 2 is 2.12 bits per heavy atom. The van der Waals surface area contributed by atoms with Gasteiger partial charge in [0.2, 0.25) is 11.8 Å². The van der Waals surface area contributed by atoms with Gasteiger partial charge >= 0.3 is 0 Å². The number of benzene rings is 1. The zero-order valence-corrected chi connectivity index (χ0v) is 14.6. The molecule has 1 aromatic carbocycles. The Hall–Kier alpha value is -2.37. The molecule has 1 N–H and O–H groups in total. The first kappa shape index (κ1) is 16.1. The molecule has 2 fully saturated rings. The first-order valence-electron chi connectivity index (χ1n) is 9.18. The van der Waals surface area contributed by atoms with Crippen LogP contribution in [-0.2, 0) is 22.6 Å². The minimum absolute atomic E-state index is 0.00402. The summed E-state index contributed by atoms with van der Waals surface area (Å²) in [5.74, 6) is 0.926. The van der Waals surface area contributed by atoms with Crippen molar-refractivity contribution in [2.24, 2.45) is 5.92 Å². The normalized spacial score (nSPS) is 20.4. The van der Waals surface area contributed by atoms with Crippen LogP contribution in [0.15, 0.2) is 24.3 Å². The molecule has 0 unspecified atom stereocenters. The first-order valence-corrected chi connectivity index (χ1v) is 9.18. The maximum Gasteiger partial charge on any atom is 0.225 e. The van der Waals surface area contributed by atoms with E-state index in [0.717, 1.165) is 36.2 Å². The van der Waals surface area contributed by atoms with Gasteiger partial charge in [0.1, 0.15) is 5.82 Å². The molecule has 132 valence electrons. The number of imidazole rings is 1. The van der Waals surface area contributed by atoms with Gasteiger partial charge in [0, 0.05) is 38.5 Å². The number of hydrogen-bond acceptors (Lipinski definition) is 3. The number of aromatic nitrogens is 2. The topological polar surface area (TPSA) is 67.2 Å². The molecule has 0 spiro atoms. The number of hydrogen-bond donors (Lipinski definition) is 1. The minimum atomic E-state index is -0.196. The van der Waals surface area contributed by atoms with E-state index in [1.807, 2.05) is 23.1 Å². The second-order valence-corrected chi connectivity index (χ2v) is 6.98. The quantitative estimate of drug-likeness (QED) is 0.871. The van der Waals surface area contributed by atoms with Crippen molar-refractivity contribution in [3.8, 4) is 0 Å². The van der Waals surface area contributed by atoms with Crippen molar-refractivity contribution in [3.63, 3.8) is 0 Å². The van der Waals surface area contributed by atoms with Crippen molar-refractivity contribution in [1.82, 2.24) is 19.8 Å². The van der Waals surface area contributed by atoms with Gasteiger partial charge in [-0.3, -0.25) is 9.59 Å². The Morgan fingerprint density at radius 3 is 2.88 bits per heavy atom. The monoisotopic (exact) mass is 340 g/mol. The third kappa shape index (κ3) is 3.13. The second-order valence-electron chi connectivity index (χ2n) is 6.98. The summed E-state index contributed by atoms with van der Waals surface area (Å²) in [5.41, 5.74) is 2.12. The number of amides is 2. The fourth-order valence-electron chi connectivity index (χ4n) is 3.76. The second kappa shape index (κ2) is 6.50. The molecule has 2 heterocycles. The molecule has 4 rings (SSSR count). The lowest BCUT2D eigenvalue weighted by molar-refractivity contribution is -0.129. The van der Waals surface area contributed by atoms with E-state index in [1.54, 1.807) is 0 Å². The summed E-state index contributed by atoms with van der Waals surface area (Å²) in [6, 6.07) is 8.49. The molecule has 0 radical (unpaired) electrons. The van der Waals surface area contributed by atoms with Gasteiger partial charge in [-0.15, -0.1) is 0 Å². The molecule has 2 aliphatic rings. The summed E-state index contributed by atoms with van der Waals surface area (Å²) in [6.07, 6.45) is 3.23. The average molecular weight is 340 g/mol. The van der Waals surface area contributed by atoms with Crippen molar-refractivity contribution >= 4 is 22.8 Å². The van der Waals surface area contributed by atoms with Crippen LogP contribution in [0.5, 0.6) is 0 Å². The minimum Gasteiger partial charge on any atom is -0.355 e. The molecular weight excluding hydrogens is 316 g/mol. The van der Waals surface area contributed by atoms with E-state index in [4.69, 9.17) is 0 Å². The van der Waals surface area contributed by atoms with Crippen LogP contribution in [0.2, 0.25) is 0 Å². The Labute approximate surface area is 147 Å². The highest BCUT2D eigenvalue weighted by molar-refractivity contribution is 5.89. The molecule has 1 aliphatic carbocycles. The highest BCUT2D eigenvalue weighted by Gasteiger charge is 2.41. The average Bonchev–Trinajstić information content (AvgIpc) is 3.28. The summed E-state index contributed by atoms with van der Waals surface area (Å²) in [4.78, 5) is 30.9. The summed E-state index contributed by atoms with van der Waals surface area (Å²) in [5, 5.41) is 3.00. The van der Waals surface area contributed by atoms with Crippen LogP contribution in [0.3, 0.4) is 0 Å². The third-order valence-corrected chi connectivity index (χ3v) is 5.21. The van der Waals surface area contributed by atoms with Crippen molar-refractivity contribution in [1.29, 1.82) is 0 Å². The summed E-state index contributed by atoms with van der Waals surface area (Å²) < 4.78 is 2.19. The zero-order valence-electron chi connectivity index (χ0n) is 14.6. The van der Waals surface area contributed by atoms with Crippen LogP contribution in [0.25, 0.3) is 11.0 Å². The number of nitrogens with one attached hydrogen (secondary N) is 1. The van der Waals surface area contributed by atoms with Crippen LogP contribution < -0.4 is 5.32 Å². The van der Waals surface area contributed by atoms with Crippen molar-refractivity contribution in [2.75, 3.05) is 13.1 Å². The standard InChI is InChI=1S/C19H24N4O2/c1-2-22-16-6-4-3-5-15(16)21-17(22)9-10-20-19(25)13-11-18(24)23(12-13)14-7-8-14/h3-6,13-14H,2,7-12H2,1H3,(H,20,25)/t13-/m1/s1. The maximum absolute atomic E-state index is 12.4. The number of rotatable bonds is 6. The maximum atomic E-state index is 12.4. The molecule has 0 bridgehead atoms. The van der Waals surface area contributed by atoms with Gasteiger partial charge in [-0.1, -0.05) is 12.1 Å². The third-order valence-electron chi connectivity index (χ3n) is 5.21. The van der Waals surface area contributed by atoms with Crippen LogP contribution in [0.1, 0.15) is 32.0 Å². The molecule has 2 aromatic rings. The fraction of sp³-hybridized carbons (Fsp3) is 0.526. The summed E-state index contributed by atoms with van der Waals surface area (Å²) in [6.45, 7) is 4.10. The lowest BCUT2D eigenvalue weighted by Crippen LogP contribution is -2.34. The Balaban J connectivity index is 1.35. The Bertz CT molecular complexity index is 809. The summed E-state index contributed by atoms with van der Waals surface area (Å²) in [7, 11) is 0. The number of carbonyl (C=O) groups excluding carboxylic acids is 2. The molecule has 1 atom stereocenters. The van der Waals surface area contributed by atoms with E-state index in [9.17, 15) is 9.59 Å². The van der Waals surface area contributed by atoms with Crippen LogP contribution in [0.4, 0.5) is 0 Å². The molecule has 25 heavy (non-hydrogen) atoms. The molecule has 1 saturated carbocycles. The lowest BCUT2D eigenvalue weighted by Gasteiger charge is -2.15. The molecule has 1 aromatic heterocycles. The van der Waals surface area contributed by atoms with Crippen LogP contribution in [-0.4, -0.2) is 45.4 Å². The van der Waals surface area contributed by atoms with Gasteiger partial charge in [-0.05, 0) is 31.9 Å². The predicted molar refractivity (Wildman–Crippen MR) is 95.0 cm³/mol. The van der Waals surface area contributed by atoms with E-state index < -0.39 is 0 Å². The van der Waals surface area contributed by atoms with Crippen molar-refractivity contribution in [2.45, 2.75) is 45.2 Å². The molecule has 6 heteroatoms. The van der Waals surface area contributed by atoms with Crippen LogP contribution in [0, 0.1) is 5.92 Å². The largest absolute Gasteiger partial charge is 0.355 e. The van der Waals surface area contributed by atoms with Gasteiger partial charge in [-0.25, -0.2) is 4.98 Å². The van der Waals surface area contributed by atoms with E-state index >= 15 is 0 Å². The van der Waals surface area contributed by atoms with Gasteiger partial charge in [0.15, 0.2) is 0 Å². The number of fused-ring (bicyclic) bond motifs is 1. The molecule has 2 amide bonds.